The van der Waals surface area contributed by atoms with Crippen LogP contribution < -0.4 is 9.47 Å². The maximum absolute atomic E-state index is 13.6. The van der Waals surface area contributed by atoms with Crippen molar-refractivity contribution >= 4 is 5.97 Å². The quantitative estimate of drug-likeness (QED) is 0.625. The van der Waals surface area contributed by atoms with Crippen molar-refractivity contribution in [1.29, 1.82) is 0 Å². The van der Waals surface area contributed by atoms with Crippen molar-refractivity contribution in [3.05, 3.63) is 59.7 Å². The van der Waals surface area contributed by atoms with Gasteiger partial charge in [-0.25, -0.2) is 9.18 Å². The van der Waals surface area contributed by atoms with Gasteiger partial charge in [0.05, 0.1) is 25.3 Å². The van der Waals surface area contributed by atoms with E-state index in [2.05, 4.69) is 10.1 Å². The van der Waals surface area contributed by atoms with E-state index in [4.69, 9.17) is 18.7 Å². The van der Waals surface area contributed by atoms with Gasteiger partial charge in [-0.2, -0.15) is 4.98 Å². The Morgan fingerprint density at radius 1 is 1.15 bits per heavy atom. The minimum atomic E-state index is -0.815. The third-order valence-electron chi connectivity index (χ3n) is 3.54. The first kappa shape index (κ1) is 17.4. The number of methoxy groups -OCH3 is 2. The highest BCUT2D eigenvalue weighted by molar-refractivity contribution is 5.89. The summed E-state index contributed by atoms with van der Waals surface area (Å²) in [6.07, 6.45) is 0. The SMILES string of the molecule is COc1ccc(-c2noc(COC(=O)c3ccccc3F)n2)c(OC)c1. The molecule has 1 aromatic heterocycles. The molecule has 0 N–H and O–H groups in total. The molecule has 2 aromatic carbocycles. The number of hydrogen-bond donors (Lipinski definition) is 0. The molecule has 0 amide bonds. The molecular formula is C18H15FN2O5. The lowest BCUT2D eigenvalue weighted by molar-refractivity contribution is 0.0424. The number of esters is 1. The number of nitrogens with zero attached hydrogens (tertiary/aromatic N) is 2. The van der Waals surface area contributed by atoms with Crippen LogP contribution >= 0.6 is 0 Å². The lowest BCUT2D eigenvalue weighted by Crippen LogP contribution is -2.07. The van der Waals surface area contributed by atoms with Crippen molar-refractivity contribution < 1.29 is 27.9 Å². The molecule has 0 bridgehead atoms. The summed E-state index contributed by atoms with van der Waals surface area (Å²) >= 11 is 0. The van der Waals surface area contributed by atoms with Crippen LogP contribution in [-0.4, -0.2) is 30.3 Å². The monoisotopic (exact) mass is 358 g/mol. The van der Waals surface area contributed by atoms with Gasteiger partial charge in [0.15, 0.2) is 6.61 Å². The number of aromatic nitrogens is 2. The van der Waals surface area contributed by atoms with Gasteiger partial charge < -0.3 is 18.7 Å². The van der Waals surface area contributed by atoms with Crippen LogP contribution in [0.5, 0.6) is 11.5 Å². The van der Waals surface area contributed by atoms with Crippen LogP contribution in [0.15, 0.2) is 47.0 Å². The van der Waals surface area contributed by atoms with Gasteiger partial charge in [0.2, 0.25) is 5.82 Å². The fraction of sp³-hybridized carbons (Fsp3) is 0.167. The molecule has 0 saturated heterocycles. The van der Waals surface area contributed by atoms with Crippen LogP contribution in [0, 0.1) is 5.82 Å². The Hall–Kier alpha value is -3.42. The van der Waals surface area contributed by atoms with Gasteiger partial charge >= 0.3 is 5.97 Å². The second-order valence-electron chi connectivity index (χ2n) is 5.13. The molecule has 0 spiro atoms. The first-order valence-electron chi connectivity index (χ1n) is 7.59. The molecule has 0 saturated carbocycles. The molecule has 3 aromatic rings. The van der Waals surface area contributed by atoms with Crippen molar-refractivity contribution in [1.82, 2.24) is 10.1 Å². The number of benzene rings is 2. The fourth-order valence-electron chi connectivity index (χ4n) is 2.24. The van der Waals surface area contributed by atoms with Crippen LogP contribution in [0.25, 0.3) is 11.4 Å². The Morgan fingerprint density at radius 3 is 2.69 bits per heavy atom. The molecule has 0 aliphatic heterocycles. The summed E-state index contributed by atoms with van der Waals surface area (Å²) in [5.74, 6) is -0.0197. The summed E-state index contributed by atoms with van der Waals surface area (Å²) in [6, 6.07) is 10.7. The van der Waals surface area contributed by atoms with E-state index in [0.717, 1.165) is 0 Å². The van der Waals surface area contributed by atoms with E-state index in [1.807, 2.05) is 0 Å². The minimum Gasteiger partial charge on any atom is -0.497 e. The minimum absolute atomic E-state index is 0.0718. The molecule has 7 nitrogen and oxygen atoms in total. The molecule has 134 valence electrons. The van der Waals surface area contributed by atoms with Crippen LogP contribution in [0.3, 0.4) is 0 Å². The molecule has 0 unspecified atom stereocenters. The topological polar surface area (TPSA) is 83.7 Å². The molecule has 8 heteroatoms. The lowest BCUT2D eigenvalue weighted by atomic mass is 10.2. The van der Waals surface area contributed by atoms with Crippen LogP contribution in [0.2, 0.25) is 0 Å². The van der Waals surface area contributed by atoms with Crippen molar-refractivity contribution in [2.45, 2.75) is 6.61 Å². The van der Waals surface area contributed by atoms with Gasteiger partial charge in [-0.05, 0) is 24.3 Å². The Balaban J connectivity index is 1.73. The lowest BCUT2D eigenvalue weighted by Gasteiger charge is -2.07. The zero-order valence-corrected chi connectivity index (χ0v) is 14.1. The summed E-state index contributed by atoms with van der Waals surface area (Å²) in [4.78, 5) is 16.1. The Kier molecular flexibility index (Phi) is 5.12. The second-order valence-corrected chi connectivity index (χ2v) is 5.13. The molecular weight excluding hydrogens is 343 g/mol. The van der Waals surface area contributed by atoms with Gasteiger partial charge in [-0.15, -0.1) is 0 Å². The zero-order valence-electron chi connectivity index (χ0n) is 14.1. The molecule has 26 heavy (non-hydrogen) atoms. The highest BCUT2D eigenvalue weighted by Gasteiger charge is 2.17. The van der Waals surface area contributed by atoms with Crippen molar-refractivity contribution in [2.75, 3.05) is 14.2 Å². The summed E-state index contributed by atoms with van der Waals surface area (Å²) < 4.78 is 34.1. The number of carbonyl (C=O) groups excluding carboxylic acids is 1. The summed E-state index contributed by atoms with van der Waals surface area (Å²) in [5.41, 5.74) is 0.424. The van der Waals surface area contributed by atoms with E-state index >= 15 is 0 Å². The van der Waals surface area contributed by atoms with Gasteiger partial charge in [-0.3, -0.25) is 0 Å². The molecule has 0 fully saturated rings. The first-order valence-corrected chi connectivity index (χ1v) is 7.59. The normalized spacial score (nSPS) is 10.4. The van der Waals surface area contributed by atoms with Gasteiger partial charge in [0.1, 0.15) is 17.3 Å². The third kappa shape index (κ3) is 3.64. The molecule has 0 aliphatic rings. The number of carbonyl (C=O) groups is 1. The zero-order chi connectivity index (χ0) is 18.5. The largest absolute Gasteiger partial charge is 0.497 e. The molecule has 0 atom stereocenters. The maximum Gasteiger partial charge on any atom is 0.341 e. The van der Waals surface area contributed by atoms with E-state index in [9.17, 15) is 9.18 Å². The summed E-state index contributed by atoms with van der Waals surface area (Å²) in [5, 5.41) is 3.85. The van der Waals surface area contributed by atoms with Gasteiger partial charge in [0.25, 0.3) is 5.89 Å². The van der Waals surface area contributed by atoms with Gasteiger partial charge in [0, 0.05) is 6.07 Å². The van der Waals surface area contributed by atoms with Gasteiger partial charge in [-0.1, -0.05) is 17.3 Å². The van der Waals surface area contributed by atoms with E-state index in [1.165, 1.54) is 25.3 Å². The number of ether oxygens (including phenoxy) is 3. The molecule has 1 heterocycles. The number of halogens is 1. The fourth-order valence-corrected chi connectivity index (χ4v) is 2.24. The number of hydrogen-bond acceptors (Lipinski definition) is 7. The van der Waals surface area contributed by atoms with Crippen LogP contribution in [0.1, 0.15) is 16.2 Å². The molecule has 0 aliphatic carbocycles. The van der Waals surface area contributed by atoms with E-state index in [-0.39, 0.29) is 23.9 Å². The Labute approximate surface area is 148 Å². The Bertz CT molecular complexity index is 925. The van der Waals surface area contributed by atoms with Crippen molar-refractivity contribution in [3.8, 4) is 22.9 Å². The average molecular weight is 358 g/mol. The summed E-state index contributed by atoms with van der Waals surface area (Å²) in [6.45, 7) is -0.279. The van der Waals surface area contributed by atoms with E-state index in [0.29, 0.717) is 17.1 Å². The predicted molar refractivity (Wildman–Crippen MR) is 88.4 cm³/mol. The summed E-state index contributed by atoms with van der Waals surface area (Å²) in [7, 11) is 3.06. The van der Waals surface area contributed by atoms with Crippen molar-refractivity contribution in [2.24, 2.45) is 0 Å². The Morgan fingerprint density at radius 2 is 1.96 bits per heavy atom. The van der Waals surface area contributed by atoms with Crippen molar-refractivity contribution in [3.63, 3.8) is 0 Å². The predicted octanol–water partition coefficient (Wildman–Crippen LogP) is 3.25. The first-order chi connectivity index (χ1) is 12.6. The second kappa shape index (κ2) is 7.64. The average Bonchev–Trinajstić information content (AvgIpc) is 3.14. The third-order valence-corrected chi connectivity index (χ3v) is 3.54. The number of rotatable bonds is 6. The maximum atomic E-state index is 13.6. The van der Waals surface area contributed by atoms with Crippen LogP contribution in [0.4, 0.5) is 4.39 Å². The molecule has 3 rings (SSSR count). The highest BCUT2D eigenvalue weighted by atomic mass is 19.1. The standard InChI is InChI=1S/C18H15FN2O5/c1-23-11-7-8-13(15(9-11)24-2)17-20-16(26-21-17)10-25-18(22)12-5-3-4-6-14(12)19/h3-9H,10H2,1-2H3. The highest BCUT2D eigenvalue weighted by Crippen LogP contribution is 2.31. The van der Waals surface area contributed by atoms with E-state index in [1.54, 1.807) is 31.4 Å². The van der Waals surface area contributed by atoms with E-state index < -0.39 is 11.8 Å². The smallest absolute Gasteiger partial charge is 0.341 e. The molecule has 0 radical (unpaired) electrons. The van der Waals surface area contributed by atoms with Crippen LogP contribution in [-0.2, 0) is 11.3 Å².